The number of pyridine rings is 1. The molecule has 0 saturated heterocycles. The second-order valence-electron chi connectivity index (χ2n) is 6.39. The minimum atomic E-state index is -0.667. The van der Waals surface area contributed by atoms with Gasteiger partial charge in [-0.3, -0.25) is 15.1 Å². The first kappa shape index (κ1) is 19.0. The summed E-state index contributed by atoms with van der Waals surface area (Å²) >= 11 is 1.56. The van der Waals surface area contributed by atoms with Crippen LogP contribution in [0, 0.1) is 6.92 Å². The van der Waals surface area contributed by atoms with Crippen LogP contribution in [0.25, 0.3) is 10.6 Å². The number of hydrogen-bond donors (Lipinski definition) is 2. The number of carbonyl (C=O) groups is 3. The molecular weight excluding hydrogens is 366 g/mol. The van der Waals surface area contributed by atoms with Crippen molar-refractivity contribution in [3.05, 3.63) is 40.9 Å². The lowest BCUT2D eigenvalue weighted by molar-refractivity contribution is -0.123. The highest BCUT2D eigenvalue weighted by atomic mass is 32.1. The van der Waals surface area contributed by atoms with Crippen molar-refractivity contribution < 1.29 is 19.1 Å². The number of carbonyl (C=O) groups excluding carboxylic acids is 3. The van der Waals surface area contributed by atoms with Gasteiger partial charge in [-0.05, 0) is 43.3 Å². The van der Waals surface area contributed by atoms with Crippen molar-refractivity contribution in [1.82, 2.24) is 15.6 Å². The average molecular weight is 387 g/mol. The van der Waals surface area contributed by atoms with Gasteiger partial charge in [0.2, 0.25) is 0 Å². The van der Waals surface area contributed by atoms with Crippen molar-refractivity contribution in [2.75, 3.05) is 6.61 Å². The van der Waals surface area contributed by atoms with Gasteiger partial charge in [0.15, 0.2) is 6.61 Å². The van der Waals surface area contributed by atoms with E-state index in [0.717, 1.165) is 36.3 Å². The molecular formula is C19H21N3O4S. The molecule has 1 saturated carbocycles. The summed E-state index contributed by atoms with van der Waals surface area (Å²) in [6.45, 7) is 1.19. The van der Waals surface area contributed by atoms with Gasteiger partial charge in [-0.1, -0.05) is 18.9 Å². The van der Waals surface area contributed by atoms with Crippen LogP contribution in [0.5, 0.6) is 0 Å². The molecule has 2 aromatic heterocycles. The zero-order valence-corrected chi connectivity index (χ0v) is 15.8. The van der Waals surface area contributed by atoms with Crippen LogP contribution in [0.1, 0.15) is 41.7 Å². The van der Waals surface area contributed by atoms with Crippen LogP contribution in [-0.2, 0) is 9.53 Å². The topological polar surface area (TPSA) is 97.4 Å². The van der Waals surface area contributed by atoms with Crippen molar-refractivity contribution in [1.29, 1.82) is 0 Å². The zero-order chi connectivity index (χ0) is 19.2. The fourth-order valence-corrected chi connectivity index (χ4v) is 3.70. The van der Waals surface area contributed by atoms with Gasteiger partial charge in [0.1, 0.15) is 0 Å². The SMILES string of the molecule is Cc1nc(-c2cccs2)ccc1C(=O)OCC(=O)NC(=O)NC1CCCC1. The van der Waals surface area contributed by atoms with Gasteiger partial charge in [0.25, 0.3) is 5.91 Å². The van der Waals surface area contributed by atoms with Crippen LogP contribution in [0.3, 0.4) is 0 Å². The maximum Gasteiger partial charge on any atom is 0.340 e. The molecule has 1 aliphatic rings. The minimum Gasteiger partial charge on any atom is -0.452 e. The second-order valence-corrected chi connectivity index (χ2v) is 7.33. The summed E-state index contributed by atoms with van der Waals surface area (Å²) in [4.78, 5) is 41.1. The Morgan fingerprint density at radius 2 is 2.00 bits per heavy atom. The molecule has 2 N–H and O–H groups in total. The molecule has 1 aliphatic carbocycles. The van der Waals surface area contributed by atoms with E-state index in [1.807, 2.05) is 17.5 Å². The molecule has 0 aromatic carbocycles. The van der Waals surface area contributed by atoms with Gasteiger partial charge in [0.05, 0.1) is 21.8 Å². The number of rotatable bonds is 5. The number of ether oxygens (including phenoxy) is 1. The Morgan fingerprint density at radius 1 is 1.22 bits per heavy atom. The highest BCUT2D eigenvalue weighted by Crippen LogP contribution is 2.24. The van der Waals surface area contributed by atoms with Gasteiger partial charge in [0, 0.05) is 6.04 Å². The van der Waals surface area contributed by atoms with E-state index in [0.29, 0.717) is 11.3 Å². The van der Waals surface area contributed by atoms with Crippen LogP contribution >= 0.6 is 11.3 Å². The number of hydrogen-bond acceptors (Lipinski definition) is 6. The summed E-state index contributed by atoms with van der Waals surface area (Å²) in [5.74, 6) is -1.32. The first-order valence-electron chi connectivity index (χ1n) is 8.82. The van der Waals surface area contributed by atoms with Crippen LogP contribution in [0.2, 0.25) is 0 Å². The molecule has 3 amide bonds. The van der Waals surface area contributed by atoms with Gasteiger partial charge >= 0.3 is 12.0 Å². The highest BCUT2D eigenvalue weighted by molar-refractivity contribution is 7.13. The molecule has 27 heavy (non-hydrogen) atoms. The van der Waals surface area contributed by atoms with Gasteiger partial charge < -0.3 is 10.1 Å². The summed E-state index contributed by atoms with van der Waals surface area (Å²) in [5, 5.41) is 6.87. The van der Waals surface area contributed by atoms with Gasteiger partial charge in [-0.2, -0.15) is 0 Å². The lowest BCUT2D eigenvalue weighted by atomic mass is 10.2. The van der Waals surface area contributed by atoms with Crippen molar-refractivity contribution >= 4 is 29.2 Å². The Bertz CT molecular complexity index is 829. The summed E-state index contributed by atoms with van der Waals surface area (Å²) in [7, 11) is 0. The summed E-state index contributed by atoms with van der Waals surface area (Å²) < 4.78 is 5.00. The van der Waals surface area contributed by atoms with Crippen LogP contribution in [0.4, 0.5) is 4.79 Å². The molecule has 7 nitrogen and oxygen atoms in total. The van der Waals surface area contributed by atoms with Crippen LogP contribution in [-0.4, -0.2) is 35.5 Å². The minimum absolute atomic E-state index is 0.107. The first-order valence-corrected chi connectivity index (χ1v) is 9.70. The molecule has 0 unspecified atom stereocenters. The molecule has 8 heteroatoms. The largest absolute Gasteiger partial charge is 0.452 e. The fourth-order valence-electron chi connectivity index (χ4n) is 3.00. The smallest absolute Gasteiger partial charge is 0.340 e. The lowest BCUT2D eigenvalue weighted by Crippen LogP contribution is -2.45. The number of thiophene rings is 1. The molecule has 0 bridgehead atoms. The van der Waals surface area contributed by atoms with Gasteiger partial charge in [-0.15, -0.1) is 11.3 Å². The number of nitrogens with one attached hydrogen (secondary N) is 2. The van der Waals surface area contributed by atoms with Crippen LogP contribution in [0.15, 0.2) is 29.6 Å². The van der Waals surface area contributed by atoms with E-state index in [2.05, 4.69) is 15.6 Å². The zero-order valence-electron chi connectivity index (χ0n) is 15.0. The van der Waals surface area contributed by atoms with E-state index < -0.39 is 24.5 Å². The van der Waals surface area contributed by atoms with Gasteiger partial charge in [-0.25, -0.2) is 9.59 Å². The number of nitrogens with zero attached hydrogens (tertiary/aromatic N) is 1. The summed E-state index contributed by atoms with van der Waals surface area (Å²) in [6.07, 6.45) is 4.00. The molecule has 3 rings (SSSR count). The Labute approximate surface area is 161 Å². The molecule has 0 radical (unpaired) electrons. The maximum absolute atomic E-state index is 12.2. The molecule has 2 aromatic rings. The van der Waals surface area contributed by atoms with E-state index in [4.69, 9.17) is 4.74 Å². The molecule has 142 valence electrons. The predicted octanol–water partition coefficient (Wildman–Crippen LogP) is 3.04. The number of aromatic nitrogens is 1. The van der Waals surface area contributed by atoms with Crippen molar-refractivity contribution in [2.24, 2.45) is 0 Å². The fraction of sp³-hybridized carbons (Fsp3) is 0.368. The van der Waals surface area contributed by atoms with Crippen molar-refractivity contribution in [3.8, 4) is 10.6 Å². The van der Waals surface area contributed by atoms with E-state index >= 15 is 0 Å². The monoisotopic (exact) mass is 387 g/mol. The molecule has 0 aliphatic heterocycles. The Kier molecular flexibility index (Phi) is 6.18. The normalized spacial score (nSPS) is 14.0. The number of imide groups is 1. The maximum atomic E-state index is 12.2. The Morgan fingerprint density at radius 3 is 2.67 bits per heavy atom. The van der Waals surface area contributed by atoms with E-state index in [9.17, 15) is 14.4 Å². The quantitative estimate of drug-likeness (QED) is 0.769. The number of amides is 3. The Balaban J connectivity index is 1.49. The number of aryl methyl sites for hydroxylation is 1. The lowest BCUT2D eigenvalue weighted by Gasteiger charge is -2.12. The highest BCUT2D eigenvalue weighted by Gasteiger charge is 2.19. The number of esters is 1. The third-order valence-corrected chi connectivity index (χ3v) is 5.25. The van der Waals surface area contributed by atoms with E-state index in [1.165, 1.54) is 0 Å². The Hall–Kier alpha value is -2.74. The number of urea groups is 1. The average Bonchev–Trinajstić information content (AvgIpc) is 3.33. The third-order valence-electron chi connectivity index (χ3n) is 4.36. The molecule has 0 atom stereocenters. The third kappa shape index (κ3) is 5.13. The van der Waals surface area contributed by atoms with Crippen molar-refractivity contribution in [3.63, 3.8) is 0 Å². The van der Waals surface area contributed by atoms with Crippen LogP contribution < -0.4 is 10.6 Å². The first-order chi connectivity index (χ1) is 13.0. The second kappa shape index (κ2) is 8.77. The standard InChI is InChI=1S/C19H21N3O4S/c1-12-14(8-9-15(20-12)16-7-4-10-27-16)18(24)26-11-17(23)22-19(25)21-13-5-2-3-6-13/h4,7-10,13H,2-3,5-6,11H2,1H3,(H2,21,22,23,25). The summed E-state index contributed by atoms with van der Waals surface area (Å²) in [6, 6.07) is 6.80. The molecule has 1 fully saturated rings. The molecule has 0 spiro atoms. The van der Waals surface area contributed by atoms with Crippen molar-refractivity contribution in [2.45, 2.75) is 38.6 Å². The predicted molar refractivity (Wildman–Crippen MR) is 101 cm³/mol. The van der Waals surface area contributed by atoms with E-state index in [1.54, 1.807) is 30.4 Å². The molecule has 2 heterocycles. The summed E-state index contributed by atoms with van der Waals surface area (Å²) in [5.41, 5.74) is 1.59. The van der Waals surface area contributed by atoms with E-state index in [-0.39, 0.29) is 6.04 Å².